The molecule has 3 aromatic heterocycles. The maximum Gasteiger partial charge on any atom is 0.437 e. The van der Waals surface area contributed by atoms with E-state index in [4.69, 9.17) is 9.15 Å². The molecule has 1 aromatic carbocycles. The van der Waals surface area contributed by atoms with Crippen LogP contribution in [0.25, 0.3) is 17.1 Å². The minimum atomic E-state index is -4.90. The maximum absolute atomic E-state index is 13.8. The second-order valence-electron chi connectivity index (χ2n) is 11.3. The molecule has 0 radical (unpaired) electrons. The summed E-state index contributed by atoms with van der Waals surface area (Å²) in [6.45, 7) is 5.69. The fourth-order valence-electron chi connectivity index (χ4n) is 4.21. The monoisotopic (exact) mass is 626 g/mol. The van der Waals surface area contributed by atoms with Crippen LogP contribution in [0.2, 0.25) is 0 Å². The largest absolute Gasteiger partial charge is 0.465 e. The third-order valence-electron chi connectivity index (χ3n) is 6.54. The summed E-state index contributed by atoms with van der Waals surface area (Å²) in [5.74, 6) is -0.990. The van der Waals surface area contributed by atoms with Crippen molar-refractivity contribution in [1.29, 1.82) is 0 Å². The average Bonchev–Trinajstić information content (AvgIpc) is 3.48. The van der Waals surface area contributed by atoms with Crippen molar-refractivity contribution in [2.75, 3.05) is 23.9 Å². The fraction of sp³-hybridized carbons (Fsp3) is 0.333. The van der Waals surface area contributed by atoms with Gasteiger partial charge in [0, 0.05) is 18.3 Å². The van der Waals surface area contributed by atoms with Crippen molar-refractivity contribution in [3.63, 3.8) is 0 Å². The molecule has 1 aliphatic carbocycles. The first kappa shape index (κ1) is 31.2. The first-order valence-corrected chi connectivity index (χ1v) is 13.8. The van der Waals surface area contributed by atoms with Gasteiger partial charge in [-0.25, -0.2) is 24.2 Å². The number of carbonyl (C=O) groups is 3. The van der Waals surface area contributed by atoms with Gasteiger partial charge in [0.05, 0.1) is 30.2 Å². The van der Waals surface area contributed by atoms with Crippen LogP contribution in [0.15, 0.2) is 59.5 Å². The molecule has 2 amide bonds. The van der Waals surface area contributed by atoms with Gasteiger partial charge >= 0.3 is 18.2 Å². The summed E-state index contributed by atoms with van der Waals surface area (Å²) < 4.78 is 58.1. The number of esters is 1. The number of rotatable bonds is 8. The number of alkyl halides is 3. The van der Waals surface area contributed by atoms with E-state index in [1.54, 1.807) is 32.9 Å². The van der Waals surface area contributed by atoms with Gasteiger partial charge in [-0.2, -0.15) is 18.3 Å². The Balaban J connectivity index is 1.36. The summed E-state index contributed by atoms with van der Waals surface area (Å²) >= 11 is 0. The van der Waals surface area contributed by atoms with Gasteiger partial charge < -0.3 is 19.2 Å². The van der Waals surface area contributed by atoms with E-state index >= 15 is 0 Å². The highest BCUT2D eigenvalue weighted by molar-refractivity contribution is 6.03. The zero-order valence-corrected chi connectivity index (χ0v) is 24.7. The van der Waals surface area contributed by atoms with E-state index in [1.165, 1.54) is 42.5 Å². The summed E-state index contributed by atoms with van der Waals surface area (Å²) in [5, 5.41) is 5.80. The van der Waals surface area contributed by atoms with Gasteiger partial charge in [0.25, 0.3) is 5.91 Å². The number of nitrogens with zero attached hydrogens (tertiary/aromatic N) is 5. The van der Waals surface area contributed by atoms with Crippen molar-refractivity contribution in [2.45, 2.75) is 45.4 Å². The van der Waals surface area contributed by atoms with Crippen LogP contribution in [-0.2, 0) is 15.7 Å². The molecule has 1 N–H and O–H groups in total. The van der Waals surface area contributed by atoms with Crippen LogP contribution >= 0.6 is 0 Å². The van der Waals surface area contributed by atoms with E-state index < -0.39 is 41.1 Å². The molecule has 12 nitrogen and oxygen atoms in total. The van der Waals surface area contributed by atoms with Crippen LogP contribution in [0.1, 0.15) is 60.2 Å². The number of anilines is 2. The van der Waals surface area contributed by atoms with Crippen LogP contribution in [0.3, 0.4) is 0 Å². The highest BCUT2D eigenvalue weighted by atomic mass is 19.4. The lowest BCUT2D eigenvalue weighted by Crippen LogP contribution is -2.38. The van der Waals surface area contributed by atoms with Crippen molar-refractivity contribution in [1.82, 2.24) is 19.7 Å². The second-order valence-corrected chi connectivity index (χ2v) is 11.3. The number of hydrogen-bond acceptors (Lipinski definition) is 9. The number of pyridine rings is 1. The lowest BCUT2D eigenvalue weighted by Gasteiger charge is -2.27. The van der Waals surface area contributed by atoms with Crippen LogP contribution in [-0.4, -0.2) is 57.0 Å². The Bertz CT molecular complexity index is 1720. The van der Waals surface area contributed by atoms with Crippen molar-refractivity contribution < 1.29 is 41.4 Å². The normalized spacial score (nSPS) is 13.3. The number of nitrogens with one attached hydrogen (secondary N) is 1. The van der Waals surface area contributed by atoms with Crippen molar-refractivity contribution in [3.8, 4) is 17.1 Å². The molecule has 0 spiro atoms. The molecule has 4 aromatic rings. The van der Waals surface area contributed by atoms with Crippen molar-refractivity contribution in [2.24, 2.45) is 5.92 Å². The molecular weight excluding hydrogens is 597 g/mol. The van der Waals surface area contributed by atoms with Crippen molar-refractivity contribution in [3.05, 3.63) is 72.0 Å². The zero-order chi connectivity index (χ0) is 32.5. The molecule has 236 valence electrons. The predicted molar refractivity (Wildman–Crippen MR) is 154 cm³/mol. The number of halogens is 3. The lowest BCUT2D eigenvalue weighted by atomic mass is 10.2. The summed E-state index contributed by atoms with van der Waals surface area (Å²) in [7, 11) is 1.21. The van der Waals surface area contributed by atoms with Gasteiger partial charge in [0.2, 0.25) is 5.89 Å². The Morgan fingerprint density at radius 2 is 1.82 bits per heavy atom. The fourth-order valence-corrected chi connectivity index (χ4v) is 4.21. The highest BCUT2D eigenvalue weighted by Gasteiger charge is 2.38. The van der Waals surface area contributed by atoms with E-state index in [2.05, 4.69) is 25.1 Å². The predicted octanol–water partition coefficient (Wildman–Crippen LogP) is 6.13. The maximum atomic E-state index is 13.8. The molecule has 45 heavy (non-hydrogen) atoms. The number of oxazole rings is 1. The molecule has 0 aliphatic heterocycles. The number of benzene rings is 1. The number of carbonyl (C=O) groups excluding carboxylic acids is 3. The molecule has 15 heteroatoms. The Morgan fingerprint density at radius 3 is 2.44 bits per heavy atom. The summed E-state index contributed by atoms with van der Waals surface area (Å²) in [5.41, 5.74) is -2.20. The van der Waals surface area contributed by atoms with Gasteiger partial charge in [0.15, 0.2) is 11.4 Å². The molecule has 1 fully saturated rings. The molecular formula is C30H29F3N6O6. The Hall–Kier alpha value is -5.21. The molecule has 3 heterocycles. The van der Waals surface area contributed by atoms with E-state index in [1.807, 2.05) is 0 Å². The number of methoxy groups -OCH3 is 1. The van der Waals surface area contributed by atoms with Crippen LogP contribution < -0.4 is 10.2 Å². The summed E-state index contributed by atoms with van der Waals surface area (Å²) in [6.07, 6.45) is -0.0591. The Labute approximate surface area is 255 Å². The number of hydrogen-bond donors (Lipinski definition) is 1. The van der Waals surface area contributed by atoms with Gasteiger partial charge in [-0.15, -0.1) is 0 Å². The summed E-state index contributed by atoms with van der Waals surface area (Å²) in [4.78, 5) is 47.5. The van der Waals surface area contributed by atoms with E-state index in [0.717, 1.165) is 30.0 Å². The number of amides is 2. The third-order valence-corrected chi connectivity index (χ3v) is 6.54. The van der Waals surface area contributed by atoms with Gasteiger partial charge in [-0.05, 0) is 75.9 Å². The SMILES string of the molecule is COC(=O)c1ccc(-n2cc(NC(=O)c3coc(-c4ccnc(N(CC5CC5)C(=O)OC(C)(C)C)c4)n3)c(C(F)(F)F)n2)cc1. The molecule has 0 bridgehead atoms. The third kappa shape index (κ3) is 7.48. The van der Waals surface area contributed by atoms with Crippen molar-refractivity contribution >= 4 is 29.5 Å². The quantitative estimate of drug-likeness (QED) is 0.229. The first-order valence-electron chi connectivity index (χ1n) is 13.8. The number of ether oxygens (including phenoxy) is 2. The standard InChI is InChI=1S/C30H29F3N6O6/c1-29(2,3)45-28(42)38(14-17-5-6-17)23-13-19(11-12-34-23)26-36-22(16-44-26)25(40)35-21-15-39(37-24(21)30(31,32)33)20-9-7-18(8-10-20)27(41)43-4/h7-13,15-17H,5-6,14H2,1-4H3,(H,35,40). The minimum Gasteiger partial charge on any atom is -0.465 e. The smallest absolute Gasteiger partial charge is 0.437 e. The minimum absolute atomic E-state index is 0.0169. The average molecular weight is 627 g/mol. The topological polar surface area (TPSA) is 142 Å². The van der Waals surface area contributed by atoms with Crippen LogP contribution in [0.4, 0.5) is 29.5 Å². The molecule has 0 saturated heterocycles. The molecule has 5 rings (SSSR count). The first-order chi connectivity index (χ1) is 21.2. The lowest BCUT2D eigenvalue weighted by molar-refractivity contribution is -0.140. The van der Waals surface area contributed by atoms with Crippen LogP contribution in [0, 0.1) is 5.92 Å². The molecule has 0 atom stereocenters. The molecule has 1 aliphatic rings. The number of aromatic nitrogens is 4. The summed E-state index contributed by atoms with van der Waals surface area (Å²) in [6, 6.07) is 8.61. The van der Waals surface area contributed by atoms with Crippen LogP contribution in [0.5, 0.6) is 0 Å². The Morgan fingerprint density at radius 1 is 1.11 bits per heavy atom. The van der Waals surface area contributed by atoms with E-state index in [-0.39, 0.29) is 22.8 Å². The van der Waals surface area contributed by atoms with E-state index in [9.17, 15) is 27.6 Å². The van der Waals surface area contributed by atoms with Gasteiger partial charge in [-0.1, -0.05) is 0 Å². The van der Waals surface area contributed by atoms with Gasteiger partial charge in [-0.3, -0.25) is 9.69 Å². The highest BCUT2D eigenvalue weighted by Crippen LogP contribution is 2.35. The second kappa shape index (κ2) is 12.1. The molecule has 1 saturated carbocycles. The van der Waals surface area contributed by atoms with Gasteiger partial charge in [0.1, 0.15) is 17.7 Å². The van der Waals surface area contributed by atoms with E-state index in [0.29, 0.717) is 23.8 Å². The Kier molecular flexibility index (Phi) is 8.36. The molecule has 0 unspecified atom stereocenters. The zero-order valence-electron chi connectivity index (χ0n) is 24.7.